The van der Waals surface area contributed by atoms with Crippen LogP contribution in [0.1, 0.15) is 11.1 Å². The molecule has 0 saturated heterocycles. The Morgan fingerprint density at radius 1 is 0.606 bits per heavy atom. The standard InChI is InChI=1S/C31H23NO/c1-20-15-21(2)17-25(16-20)33-31-27-10-6-5-9-26(27)30(29-19-32-14-13-28(29)31)24-12-11-22-7-3-4-8-23(22)18-24/h3-19H,1-2H3. The highest BCUT2D eigenvalue weighted by atomic mass is 16.5. The van der Waals surface area contributed by atoms with Gasteiger partial charge in [0.15, 0.2) is 0 Å². The van der Waals surface area contributed by atoms with Gasteiger partial charge in [-0.3, -0.25) is 4.98 Å². The summed E-state index contributed by atoms with van der Waals surface area (Å²) in [6, 6.07) is 32.1. The van der Waals surface area contributed by atoms with Crippen LogP contribution in [-0.2, 0) is 0 Å². The average Bonchev–Trinajstić information content (AvgIpc) is 2.83. The summed E-state index contributed by atoms with van der Waals surface area (Å²) in [6.45, 7) is 4.20. The van der Waals surface area contributed by atoms with Gasteiger partial charge in [0, 0.05) is 28.6 Å². The first-order chi connectivity index (χ1) is 16.2. The Kier molecular flexibility index (Phi) is 4.58. The number of benzene rings is 5. The Morgan fingerprint density at radius 2 is 1.30 bits per heavy atom. The van der Waals surface area contributed by atoms with Crippen molar-refractivity contribution in [1.29, 1.82) is 0 Å². The van der Waals surface area contributed by atoms with Gasteiger partial charge in [-0.1, -0.05) is 66.7 Å². The SMILES string of the molecule is Cc1cc(C)cc(Oc2c3ccccc3c(-c3ccc4ccccc4c3)c3cnccc23)c1. The Morgan fingerprint density at radius 3 is 2.12 bits per heavy atom. The molecule has 0 aliphatic rings. The molecule has 2 heteroatoms. The van der Waals surface area contributed by atoms with E-state index in [-0.39, 0.29) is 0 Å². The summed E-state index contributed by atoms with van der Waals surface area (Å²) in [6.07, 6.45) is 3.80. The number of hydrogen-bond donors (Lipinski definition) is 0. The van der Waals surface area contributed by atoms with Crippen LogP contribution in [0.4, 0.5) is 0 Å². The lowest BCUT2D eigenvalue weighted by molar-refractivity contribution is 0.493. The zero-order valence-corrected chi connectivity index (χ0v) is 18.7. The molecule has 0 atom stereocenters. The monoisotopic (exact) mass is 425 g/mol. The fourth-order valence-corrected chi connectivity index (χ4v) is 4.86. The molecule has 0 fully saturated rings. The van der Waals surface area contributed by atoms with Gasteiger partial charge in [-0.25, -0.2) is 0 Å². The van der Waals surface area contributed by atoms with Crippen LogP contribution in [0.3, 0.4) is 0 Å². The molecule has 2 nitrogen and oxygen atoms in total. The summed E-state index contributed by atoms with van der Waals surface area (Å²) in [5, 5.41) is 6.87. The molecule has 0 bridgehead atoms. The van der Waals surface area contributed by atoms with Crippen LogP contribution in [0.2, 0.25) is 0 Å². The van der Waals surface area contributed by atoms with E-state index in [1.165, 1.54) is 33.0 Å². The van der Waals surface area contributed by atoms with E-state index in [2.05, 4.69) is 110 Å². The molecule has 0 N–H and O–H groups in total. The van der Waals surface area contributed by atoms with E-state index in [1.54, 1.807) is 0 Å². The number of rotatable bonds is 3. The van der Waals surface area contributed by atoms with Gasteiger partial charge in [0.2, 0.25) is 0 Å². The first kappa shape index (κ1) is 19.5. The van der Waals surface area contributed by atoms with Crippen molar-refractivity contribution in [1.82, 2.24) is 4.98 Å². The van der Waals surface area contributed by atoms with E-state index in [9.17, 15) is 0 Å². The van der Waals surface area contributed by atoms with Crippen molar-refractivity contribution in [3.8, 4) is 22.6 Å². The molecule has 0 aliphatic carbocycles. The summed E-state index contributed by atoms with van der Waals surface area (Å²) >= 11 is 0. The van der Waals surface area contributed by atoms with Crippen molar-refractivity contribution in [2.75, 3.05) is 0 Å². The molecule has 33 heavy (non-hydrogen) atoms. The quantitative estimate of drug-likeness (QED) is 0.265. The maximum absolute atomic E-state index is 6.60. The summed E-state index contributed by atoms with van der Waals surface area (Å²) in [7, 11) is 0. The maximum atomic E-state index is 6.60. The van der Waals surface area contributed by atoms with Gasteiger partial charge < -0.3 is 4.74 Å². The van der Waals surface area contributed by atoms with E-state index < -0.39 is 0 Å². The normalized spacial score (nSPS) is 11.3. The number of aromatic nitrogens is 1. The van der Waals surface area contributed by atoms with E-state index in [1.807, 2.05) is 12.4 Å². The van der Waals surface area contributed by atoms with Gasteiger partial charge >= 0.3 is 0 Å². The summed E-state index contributed by atoms with van der Waals surface area (Å²) in [4.78, 5) is 4.49. The zero-order chi connectivity index (χ0) is 22.4. The molecule has 0 unspecified atom stereocenters. The minimum Gasteiger partial charge on any atom is -0.456 e. The molecule has 0 amide bonds. The largest absolute Gasteiger partial charge is 0.456 e. The molecular formula is C31H23NO. The fourth-order valence-electron chi connectivity index (χ4n) is 4.86. The number of hydrogen-bond acceptors (Lipinski definition) is 2. The average molecular weight is 426 g/mol. The van der Waals surface area contributed by atoms with Gasteiger partial charge in [0.05, 0.1) is 0 Å². The molecule has 158 valence electrons. The molecule has 1 aromatic heterocycles. The van der Waals surface area contributed by atoms with Gasteiger partial charge in [-0.15, -0.1) is 0 Å². The third-order valence-electron chi connectivity index (χ3n) is 6.23. The maximum Gasteiger partial charge on any atom is 0.143 e. The van der Waals surface area contributed by atoms with Crippen LogP contribution < -0.4 is 4.74 Å². The van der Waals surface area contributed by atoms with Crippen molar-refractivity contribution in [2.45, 2.75) is 13.8 Å². The Bertz CT molecular complexity index is 1590. The van der Waals surface area contributed by atoms with Crippen molar-refractivity contribution >= 4 is 32.3 Å². The molecule has 0 spiro atoms. The van der Waals surface area contributed by atoms with E-state index in [4.69, 9.17) is 4.74 Å². The lowest BCUT2D eigenvalue weighted by Gasteiger charge is -2.18. The lowest BCUT2D eigenvalue weighted by atomic mass is 9.91. The van der Waals surface area contributed by atoms with Gasteiger partial charge in [0.25, 0.3) is 0 Å². The van der Waals surface area contributed by atoms with Crippen LogP contribution in [0, 0.1) is 13.8 Å². The highest BCUT2D eigenvalue weighted by Crippen LogP contribution is 2.44. The molecule has 5 aromatic carbocycles. The van der Waals surface area contributed by atoms with Crippen molar-refractivity contribution in [3.05, 3.63) is 115 Å². The first-order valence-corrected chi connectivity index (χ1v) is 11.2. The van der Waals surface area contributed by atoms with Crippen molar-refractivity contribution < 1.29 is 4.74 Å². The fraction of sp³-hybridized carbons (Fsp3) is 0.0645. The van der Waals surface area contributed by atoms with Crippen LogP contribution in [-0.4, -0.2) is 4.98 Å². The molecule has 6 aromatic rings. The highest BCUT2D eigenvalue weighted by molar-refractivity contribution is 6.17. The first-order valence-electron chi connectivity index (χ1n) is 11.2. The molecule has 0 saturated carbocycles. The van der Waals surface area contributed by atoms with Gasteiger partial charge in [0.1, 0.15) is 11.5 Å². The minimum absolute atomic E-state index is 0.856. The Labute approximate surface area is 193 Å². The molecule has 6 rings (SSSR count). The number of ether oxygens (including phenoxy) is 1. The van der Waals surface area contributed by atoms with Crippen LogP contribution in [0.15, 0.2) is 103 Å². The molecular weight excluding hydrogens is 402 g/mol. The van der Waals surface area contributed by atoms with Gasteiger partial charge in [-0.2, -0.15) is 0 Å². The highest BCUT2D eigenvalue weighted by Gasteiger charge is 2.17. The number of aryl methyl sites for hydroxylation is 2. The molecule has 0 aliphatic heterocycles. The Hall–Kier alpha value is -4.17. The van der Waals surface area contributed by atoms with Crippen LogP contribution >= 0.6 is 0 Å². The Balaban J connectivity index is 1.67. The topological polar surface area (TPSA) is 22.1 Å². The van der Waals surface area contributed by atoms with Crippen LogP contribution in [0.5, 0.6) is 11.5 Å². The van der Waals surface area contributed by atoms with Crippen molar-refractivity contribution in [2.24, 2.45) is 0 Å². The predicted molar refractivity (Wildman–Crippen MR) is 138 cm³/mol. The van der Waals surface area contributed by atoms with Crippen molar-refractivity contribution in [3.63, 3.8) is 0 Å². The minimum atomic E-state index is 0.856. The third-order valence-corrected chi connectivity index (χ3v) is 6.23. The summed E-state index contributed by atoms with van der Waals surface area (Å²) < 4.78 is 6.60. The van der Waals surface area contributed by atoms with E-state index in [0.717, 1.165) is 33.0 Å². The molecule has 1 heterocycles. The number of pyridine rings is 1. The smallest absolute Gasteiger partial charge is 0.143 e. The van der Waals surface area contributed by atoms with Crippen LogP contribution in [0.25, 0.3) is 43.4 Å². The van der Waals surface area contributed by atoms with Gasteiger partial charge in [-0.05, 0) is 76.5 Å². The third kappa shape index (κ3) is 3.41. The second-order valence-electron chi connectivity index (χ2n) is 8.66. The zero-order valence-electron chi connectivity index (χ0n) is 18.7. The second kappa shape index (κ2) is 7.75. The molecule has 0 radical (unpaired) electrons. The number of fused-ring (bicyclic) bond motifs is 3. The lowest BCUT2D eigenvalue weighted by Crippen LogP contribution is -1.93. The number of nitrogens with zero attached hydrogens (tertiary/aromatic N) is 1. The van der Waals surface area contributed by atoms with E-state index >= 15 is 0 Å². The summed E-state index contributed by atoms with van der Waals surface area (Å²) in [5.74, 6) is 1.73. The van der Waals surface area contributed by atoms with E-state index in [0.29, 0.717) is 0 Å². The summed E-state index contributed by atoms with van der Waals surface area (Å²) in [5.41, 5.74) is 4.74. The predicted octanol–water partition coefficient (Wildman–Crippen LogP) is 8.62. The second-order valence-corrected chi connectivity index (χ2v) is 8.66.